The summed E-state index contributed by atoms with van der Waals surface area (Å²) < 4.78 is 27.1. The Kier molecular flexibility index (Phi) is 7.54. The lowest BCUT2D eigenvalue weighted by Crippen LogP contribution is -2.05. The number of halogens is 2. The standard InChI is InChI=1S/C32H23F2OS2/c1-22-2-4-23(5-3-22)32(35)24-6-12-27(13-7-24)36-28-14-20-31(21-15-28)37(29-16-8-25(33)9-17-29)30-18-10-26(34)11-19-30/h2-21H,1H3/q+1. The van der Waals surface area contributed by atoms with Gasteiger partial charge < -0.3 is 0 Å². The second-order valence-corrected chi connectivity index (χ2v) is 11.7. The summed E-state index contributed by atoms with van der Waals surface area (Å²) in [4.78, 5) is 17.8. The average Bonchev–Trinajstić information content (AvgIpc) is 2.92. The van der Waals surface area contributed by atoms with Crippen molar-refractivity contribution in [2.24, 2.45) is 0 Å². The van der Waals surface area contributed by atoms with Crippen molar-refractivity contribution >= 4 is 28.4 Å². The lowest BCUT2D eigenvalue weighted by Gasteiger charge is -2.09. The Hall–Kier alpha value is -3.67. The summed E-state index contributed by atoms with van der Waals surface area (Å²) in [6.07, 6.45) is 0. The number of ketones is 1. The Balaban J connectivity index is 1.35. The van der Waals surface area contributed by atoms with Gasteiger partial charge in [0.05, 0.1) is 10.9 Å². The first kappa shape index (κ1) is 25.0. The van der Waals surface area contributed by atoms with Crippen LogP contribution in [0.15, 0.2) is 146 Å². The van der Waals surface area contributed by atoms with E-state index in [1.165, 1.54) is 24.3 Å². The molecule has 0 spiro atoms. The molecule has 0 saturated heterocycles. The van der Waals surface area contributed by atoms with E-state index in [9.17, 15) is 13.6 Å². The van der Waals surface area contributed by atoms with Gasteiger partial charge in [-0.3, -0.25) is 4.79 Å². The van der Waals surface area contributed by atoms with Crippen molar-refractivity contribution in [2.45, 2.75) is 31.4 Å². The van der Waals surface area contributed by atoms with Crippen LogP contribution in [0.3, 0.4) is 0 Å². The molecular formula is C32H23F2OS2+. The topological polar surface area (TPSA) is 17.1 Å². The van der Waals surface area contributed by atoms with E-state index >= 15 is 0 Å². The minimum atomic E-state index is -0.494. The Labute approximate surface area is 222 Å². The lowest BCUT2D eigenvalue weighted by molar-refractivity contribution is 0.103. The van der Waals surface area contributed by atoms with Crippen molar-refractivity contribution < 1.29 is 13.6 Å². The van der Waals surface area contributed by atoms with Gasteiger partial charge in [-0.1, -0.05) is 41.6 Å². The fraction of sp³-hybridized carbons (Fsp3) is 0.0312. The molecule has 1 nitrogen and oxygen atoms in total. The van der Waals surface area contributed by atoms with Crippen molar-refractivity contribution in [2.75, 3.05) is 0 Å². The largest absolute Gasteiger partial charge is 0.289 e. The first-order chi connectivity index (χ1) is 18.0. The third-order valence-electron chi connectivity index (χ3n) is 5.82. The number of rotatable bonds is 7. The van der Waals surface area contributed by atoms with Crippen LogP contribution in [0.25, 0.3) is 0 Å². The number of carbonyl (C=O) groups is 1. The Morgan fingerprint density at radius 3 is 1.32 bits per heavy atom. The highest BCUT2D eigenvalue weighted by molar-refractivity contribution is 7.99. The second-order valence-electron chi connectivity index (χ2n) is 8.51. The normalized spacial score (nSPS) is 11.0. The number of aryl methyl sites for hydroxylation is 1. The van der Waals surface area contributed by atoms with Gasteiger partial charge in [0.15, 0.2) is 20.5 Å². The first-order valence-corrected chi connectivity index (χ1v) is 13.8. The average molecular weight is 526 g/mol. The molecule has 0 aliphatic rings. The lowest BCUT2D eigenvalue weighted by atomic mass is 10.0. The van der Waals surface area contributed by atoms with Gasteiger partial charge in [-0.15, -0.1) is 0 Å². The molecule has 5 rings (SSSR count). The number of hydrogen-bond acceptors (Lipinski definition) is 2. The highest BCUT2D eigenvalue weighted by Crippen LogP contribution is 2.34. The predicted molar refractivity (Wildman–Crippen MR) is 147 cm³/mol. The van der Waals surface area contributed by atoms with E-state index in [4.69, 9.17) is 0 Å². The molecule has 0 bridgehead atoms. The smallest absolute Gasteiger partial charge is 0.193 e. The molecule has 182 valence electrons. The highest BCUT2D eigenvalue weighted by atomic mass is 32.2. The van der Waals surface area contributed by atoms with Crippen LogP contribution < -0.4 is 0 Å². The summed E-state index contributed by atoms with van der Waals surface area (Å²) in [7, 11) is -0.494. The molecule has 0 atom stereocenters. The molecule has 0 unspecified atom stereocenters. The predicted octanol–water partition coefficient (Wildman–Crippen LogP) is 8.75. The van der Waals surface area contributed by atoms with Crippen LogP contribution >= 0.6 is 11.8 Å². The molecule has 0 aromatic heterocycles. The van der Waals surface area contributed by atoms with Crippen LogP contribution in [0.2, 0.25) is 0 Å². The maximum Gasteiger partial charge on any atom is 0.193 e. The first-order valence-electron chi connectivity index (χ1n) is 11.7. The van der Waals surface area contributed by atoms with Gasteiger partial charge in [-0.25, -0.2) is 8.78 Å². The van der Waals surface area contributed by atoms with E-state index in [1.807, 2.05) is 55.5 Å². The van der Waals surface area contributed by atoms with Crippen LogP contribution in [0.5, 0.6) is 0 Å². The zero-order valence-corrected chi connectivity index (χ0v) is 21.7. The molecule has 0 heterocycles. The summed E-state index contributed by atoms with van der Waals surface area (Å²) in [5.41, 5.74) is 2.46. The quantitative estimate of drug-likeness (QED) is 0.156. The Bertz CT molecular complexity index is 1450. The van der Waals surface area contributed by atoms with Gasteiger partial charge in [0.1, 0.15) is 11.6 Å². The molecule has 0 aliphatic carbocycles. The molecule has 5 heteroatoms. The van der Waals surface area contributed by atoms with Crippen molar-refractivity contribution in [3.8, 4) is 0 Å². The highest BCUT2D eigenvalue weighted by Gasteiger charge is 2.28. The molecular weight excluding hydrogens is 502 g/mol. The van der Waals surface area contributed by atoms with Crippen LogP contribution in [0.1, 0.15) is 21.5 Å². The Morgan fingerprint density at radius 1 is 0.541 bits per heavy atom. The number of carbonyl (C=O) groups excluding carboxylic acids is 1. The monoisotopic (exact) mass is 525 g/mol. The third kappa shape index (κ3) is 6.01. The van der Waals surface area contributed by atoms with Gasteiger partial charge in [-0.2, -0.15) is 0 Å². The summed E-state index contributed by atoms with van der Waals surface area (Å²) in [6.45, 7) is 2.00. The second kappa shape index (κ2) is 11.2. The van der Waals surface area contributed by atoms with E-state index in [1.54, 1.807) is 36.0 Å². The van der Waals surface area contributed by atoms with Gasteiger partial charge in [0, 0.05) is 20.9 Å². The summed E-state index contributed by atoms with van der Waals surface area (Å²) in [5.74, 6) is -0.566. The van der Waals surface area contributed by atoms with E-state index in [0.29, 0.717) is 11.1 Å². The third-order valence-corrected chi connectivity index (χ3v) is 9.07. The van der Waals surface area contributed by atoms with Crippen molar-refractivity contribution in [3.05, 3.63) is 150 Å². The van der Waals surface area contributed by atoms with E-state index in [-0.39, 0.29) is 17.4 Å². The summed E-state index contributed by atoms with van der Waals surface area (Å²) >= 11 is 1.61. The van der Waals surface area contributed by atoms with Gasteiger partial charge >= 0.3 is 0 Å². The molecule has 0 N–H and O–H groups in total. The van der Waals surface area contributed by atoms with Crippen LogP contribution in [-0.4, -0.2) is 5.78 Å². The fourth-order valence-corrected chi connectivity index (χ4v) is 6.73. The van der Waals surface area contributed by atoms with Crippen molar-refractivity contribution in [3.63, 3.8) is 0 Å². The van der Waals surface area contributed by atoms with E-state index in [0.717, 1.165) is 30.0 Å². The van der Waals surface area contributed by atoms with Crippen LogP contribution in [-0.2, 0) is 10.9 Å². The number of hydrogen-bond donors (Lipinski definition) is 0. The molecule has 0 aliphatic heterocycles. The van der Waals surface area contributed by atoms with Crippen molar-refractivity contribution in [1.82, 2.24) is 0 Å². The fourth-order valence-electron chi connectivity index (χ4n) is 3.88. The minimum absolute atomic E-state index is 0.00882. The van der Waals surface area contributed by atoms with Crippen LogP contribution in [0, 0.1) is 18.6 Å². The van der Waals surface area contributed by atoms with E-state index < -0.39 is 10.9 Å². The molecule has 5 aromatic rings. The maximum absolute atomic E-state index is 13.6. The van der Waals surface area contributed by atoms with Gasteiger partial charge in [0.2, 0.25) is 0 Å². The summed E-state index contributed by atoms with van der Waals surface area (Å²) in [5, 5.41) is 0. The molecule has 0 fully saturated rings. The zero-order chi connectivity index (χ0) is 25.8. The molecule has 5 aromatic carbocycles. The molecule has 37 heavy (non-hydrogen) atoms. The van der Waals surface area contributed by atoms with Crippen molar-refractivity contribution in [1.29, 1.82) is 0 Å². The SMILES string of the molecule is Cc1ccc(C(=O)c2ccc(Sc3ccc([S+](c4ccc(F)cc4)c4ccc(F)cc4)cc3)cc2)cc1. The van der Waals surface area contributed by atoms with Crippen LogP contribution in [0.4, 0.5) is 8.78 Å². The zero-order valence-electron chi connectivity index (χ0n) is 20.0. The van der Waals surface area contributed by atoms with Gasteiger partial charge in [0.25, 0.3) is 0 Å². The van der Waals surface area contributed by atoms with E-state index in [2.05, 4.69) is 24.3 Å². The Morgan fingerprint density at radius 2 is 0.892 bits per heavy atom. The maximum atomic E-state index is 13.6. The molecule has 0 radical (unpaired) electrons. The van der Waals surface area contributed by atoms with Gasteiger partial charge in [-0.05, 0) is 104 Å². The minimum Gasteiger partial charge on any atom is -0.289 e. The number of benzene rings is 5. The molecule has 0 amide bonds. The summed E-state index contributed by atoms with van der Waals surface area (Å²) in [6, 6.07) is 36.4. The molecule has 0 saturated carbocycles.